The first kappa shape index (κ1) is 20.6. The zero-order valence-corrected chi connectivity index (χ0v) is 17.7. The van der Waals surface area contributed by atoms with E-state index in [-0.39, 0.29) is 11.5 Å². The molecule has 0 aliphatic carbocycles. The number of pyridine rings is 1. The first-order chi connectivity index (χ1) is 14.9. The molecule has 158 valence electrons. The van der Waals surface area contributed by atoms with Crippen molar-refractivity contribution >= 4 is 16.7 Å². The smallest absolute Gasteiger partial charge is 0.258 e. The number of benzene rings is 2. The summed E-state index contributed by atoms with van der Waals surface area (Å²) in [7, 11) is 3.44. The Labute approximate surface area is 179 Å². The fraction of sp³-hybridized carbons (Fsp3) is 0.208. The summed E-state index contributed by atoms with van der Waals surface area (Å²) in [5.74, 6) is -0.180. The van der Waals surface area contributed by atoms with Gasteiger partial charge in [0.15, 0.2) is 0 Å². The number of rotatable bonds is 5. The third-order valence-electron chi connectivity index (χ3n) is 5.45. The van der Waals surface area contributed by atoms with Crippen LogP contribution in [-0.2, 0) is 13.6 Å². The molecule has 0 saturated carbocycles. The largest absolute Gasteiger partial charge is 0.389 e. The summed E-state index contributed by atoms with van der Waals surface area (Å²) in [4.78, 5) is 25.2. The molecule has 1 atom stereocenters. The van der Waals surface area contributed by atoms with Crippen LogP contribution in [0.3, 0.4) is 0 Å². The van der Waals surface area contributed by atoms with Crippen LogP contribution in [0.15, 0.2) is 65.7 Å². The maximum Gasteiger partial charge on any atom is 0.258 e. The van der Waals surface area contributed by atoms with E-state index in [9.17, 15) is 14.7 Å². The van der Waals surface area contributed by atoms with Gasteiger partial charge in [-0.2, -0.15) is 5.10 Å². The molecule has 0 spiro atoms. The van der Waals surface area contributed by atoms with Crippen LogP contribution in [0.2, 0.25) is 0 Å². The van der Waals surface area contributed by atoms with E-state index in [1.54, 1.807) is 59.9 Å². The third kappa shape index (κ3) is 3.87. The minimum Gasteiger partial charge on any atom is -0.389 e. The lowest BCUT2D eigenvalue weighted by molar-refractivity contribution is 0.0963. The number of nitrogens with zero attached hydrogens (tertiary/aromatic N) is 3. The highest BCUT2D eigenvalue weighted by molar-refractivity contribution is 5.94. The van der Waals surface area contributed by atoms with Crippen LogP contribution in [0, 0.1) is 0 Å². The van der Waals surface area contributed by atoms with Crippen LogP contribution in [0.5, 0.6) is 0 Å². The van der Waals surface area contributed by atoms with Crippen molar-refractivity contribution in [3.8, 4) is 11.3 Å². The predicted molar refractivity (Wildman–Crippen MR) is 120 cm³/mol. The second-order valence-electron chi connectivity index (χ2n) is 7.57. The van der Waals surface area contributed by atoms with Crippen LogP contribution in [0.1, 0.15) is 34.5 Å². The molecule has 0 bridgehead atoms. The van der Waals surface area contributed by atoms with E-state index in [0.29, 0.717) is 28.4 Å². The molecule has 4 aromatic rings. The molecule has 0 radical (unpaired) electrons. The molecule has 0 aliphatic heterocycles. The summed E-state index contributed by atoms with van der Waals surface area (Å²) in [6, 6.07) is 14.7. The summed E-state index contributed by atoms with van der Waals surface area (Å²) in [5.41, 5.74) is 3.72. The minimum absolute atomic E-state index is 0.152. The van der Waals surface area contributed by atoms with Crippen molar-refractivity contribution in [2.45, 2.75) is 19.6 Å². The molecule has 2 aromatic carbocycles. The Morgan fingerprint density at radius 3 is 2.65 bits per heavy atom. The summed E-state index contributed by atoms with van der Waals surface area (Å²) in [5, 5.41) is 18.5. The van der Waals surface area contributed by atoms with E-state index in [2.05, 4.69) is 10.4 Å². The minimum atomic E-state index is -0.756. The van der Waals surface area contributed by atoms with Crippen LogP contribution in [-0.4, -0.2) is 32.4 Å². The number of nitrogens with one attached hydrogen (secondary N) is 1. The van der Waals surface area contributed by atoms with Gasteiger partial charge in [-0.3, -0.25) is 14.3 Å². The highest BCUT2D eigenvalue weighted by Crippen LogP contribution is 2.28. The Hall–Kier alpha value is -3.71. The number of aliphatic hydroxyl groups excluding tert-OH is 1. The molecule has 2 heterocycles. The molecule has 7 heteroatoms. The van der Waals surface area contributed by atoms with Crippen molar-refractivity contribution in [1.82, 2.24) is 19.7 Å². The van der Waals surface area contributed by atoms with Gasteiger partial charge >= 0.3 is 0 Å². The zero-order chi connectivity index (χ0) is 22.1. The highest BCUT2D eigenvalue weighted by Gasteiger charge is 2.15. The molecular formula is C24H24N4O3. The molecule has 7 nitrogen and oxygen atoms in total. The van der Waals surface area contributed by atoms with E-state index in [1.807, 2.05) is 31.3 Å². The highest BCUT2D eigenvalue weighted by atomic mass is 16.3. The lowest BCUT2D eigenvalue weighted by atomic mass is 10.00. The molecular weight excluding hydrogens is 392 g/mol. The molecule has 1 amide bonds. The van der Waals surface area contributed by atoms with Crippen molar-refractivity contribution in [1.29, 1.82) is 0 Å². The molecule has 31 heavy (non-hydrogen) atoms. The van der Waals surface area contributed by atoms with E-state index in [0.717, 1.165) is 16.8 Å². The van der Waals surface area contributed by atoms with Crippen molar-refractivity contribution in [3.63, 3.8) is 0 Å². The average Bonchev–Trinajstić information content (AvgIpc) is 3.20. The number of aromatic nitrogens is 3. The average molecular weight is 416 g/mol. The number of carbonyl (C=O) groups excluding carboxylic acids is 1. The number of fused-ring (bicyclic) bond motifs is 1. The van der Waals surface area contributed by atoms with E-state index in [1.165, 1.54) is 0 Å². The van der Waals surface area contributed by atoms with Gasteiger partial charge < -0.3 is 15.0 Å². The molecule has 0 aliphatic rings. The van der Waals surface area contributed by atoms with Gasteiger partial charge in [0.2, 0.25) is 0 Å². The first-order valence-corrected chi connectivity index (χ1v) is 10.0. The van der Waals surface area contributed by atoms with Gasteiger partial charge in [-0.15, -0.1) is 0 Å². The van der Waals surface area contributed by atoms with Crippen molar-refractivity contribution in [3.05, 3.63) is 88.0 Å². The SMILES string of the molecule is CNC(=O)c1cccc(Cn2cc(C(C)O)c3cc(-c4ccnn4C)ccc3c2=O)c1. The predicted octanol–water partition coefficient (Wildman–Crippen LogP) is 2.86. The van der Waals surface area contributed by atoms with E-state index >= 15 is 0 Å². The normalized spacial score (nSPS) is 12.1. The first-order valence-electron chi connectivity index (χ1n) is 10.0. The summed E-state index contributed by atoms with van der Waals surface area (Å²) >= 11 is 0. The summed E-state index contributed by atoms with van der Waals surface area (Å²) in [6.45, 7) is 1.98. The van der Waals surface area contributed by atoms with Crippen LogP contribution < -0.4 is 10.9 Å². The maximum atomic E-state index is 13.2. The third-order valence-corrected chi connectivity index (χ3v) is 5.45. The van der Waals surface area contributed by atoms with Crippen molar-refractivity contribution < 1.29 is 9.90 Å². The number of carbonyl (C=O) groups is 1. The van der Waals surface area contributed by atoms with Gasteiger partial charge in [-0.05, 0) is 48.2 Å². The van der Waals surface area contributed by atoms with Crippen molar-refractivity contribution in [2.24, 2.45) is 7.05 Å². The van der Waals surface area contributed by atoms with Crippen LogP contribution >= 0.6 is 0 Å². The van der Waals surface area contributed by atoms with Gasteiger partial charge in [0.05, 0.1) is 18.3 Å². The number of aliphatic hydroxyl groups is 1. The molecule has 4 rings (SSSR count). The quantitative estimate of drug-likeness (QED) is 0.524. The standard InChI is InChI=1S/C24H24N4O3/c1-15(29)21-14-28(13-16-5-4-6-18(11-16)23(30)25-2)24(31)19-8-7-17(12-20(19)21)22-9-10-26-27(22)3/h4-12,14-15,29H,13H2,1-3H3,(H,25,30). The Balaban J connectivity index is 1.83. The Morgan fingerprint density at radius 1 is 1.16 bits per heavy atom. The van der Waals surface area contributed by atoms with E-state index < -0.39 is 6.10 Å². The lowest BCUT2D eigenvalue weighted by Crippen LogP contribution is -2.22. The van der Waals surface area contributed by atoms with Crippen molar-refractivity contribution in [2.75, 3.05) is 7.05 Å². The monoisotopic (exact) mass is 416 g/mol. The van der Waals surface area contributed by atoms with Gasteiger partial charge in [0, 0.05) is 48.6 Å². The number of amides is 1. The number of hydrogen-bond acceptors (Lipinski definition) is 4. The summed E-state index contributed by atoms with van der Waals surface area (Å²) < 4.78 is 3.35. The van der Waals surface area contributed by atoms with Gasteiger partial charge in [0.25, 0.3) is 11.5 Å². The van der Waals surface area contributed by atoms with Gasteiger partial charge in [-0.25, -0.2) is 0 Å². The second-order valence-corrected chi connectivity index (χ2v) is 7.57. The Morgan fingerprint density at radius 2 is 1.97 bits per heavy atom. The molecule has 0 saturated heterocycles. The Bertz CT molecular complexity index is 1330. The van der Waals surface area contributed by atoms with Gasteiger partial charge in [0.1, 0.15) is 0 Å². The summed E-state index contributed by atoms with van der Waals surface area (Å²) in [6.07, 6.45) is 2.67. The number of hydrogen-bond donors (Lipinski definition) is 2. The fourth-order valence-corrected chi connectivity index (χ4v) is 3.84. The fourth-order valence-electron chi connectivity index (χ4n) is 3.84. The molecule has 2 N–H and O–H groups in total. The zero-order valence-electron chi connectivity index (χ0n) is 17.7. The van der Waals surface area contributed by atoms with Crippen LogP contribution in [0.4, 0.5) is 0 Å². The van der Waals surface area contributed by atoms with Gasteiger partial charge in [-0.1, -0.05) is 18.2 Å². The molecule has 1 unspecified atom stereocenters. The van der Waals surface area contributed by atoms with Crippen LogP contribution in [0.25, 0.3) is 22.0 Å². The topological polar surface area (TPSA) is 89.2 Å². The maximum absolute atomic E-state index is 13.2. The van der Waals surface area contributed by atoms with E-state index in [4.69, 9.17) is 0 Å². The molecule has 0 fully saturated rings. The molecule has 2 aromatic heterocycles. The Kier molecular flexibility index (Phi) is 5.44. The number of aryl methyl sites for hydroxylation is 1. The second kappa shape index (κ2) is 8.20. The lowest BCUT2D eigenvalue weighted by Gasteiger charge is -2.15.